The molecule has 0 spiro atoms. The van der Waals surface area contributed by atoms with Gasteiger partial charge in [0.15, 0.2) is 11.5 Å². The van der Waals surface area contributed by atoms with Crippen molar-refractivity contribution in [3.05, 3.63) is 88.7 Å². The van der Waals surface area contributed by atoms with E-state index in [1.165, 1.54) is 12.1 Å². The van der Waals surface area contributed by atoms with Crippen LogP contribution in [0.1, 0.15) is 47.8 Å². The fourth-order valence-electron chi connectivity index (χ4n) is 3.67. The first-order valence-corrected chi connectivity index (χ1v) is 13.6. The number of amides is 1. The average molecular weight is 540 g/mol. The second-order valence-electron chi connectivity index (χ2n) is 8.88. The van der Waals surface area contributed by atoms with Gasteiger partial charge in [0, 0.05) is 23.4 Å². The van der Waals surface area contributed by atoms with E-state index < -0.39 is 0 Å². The van der Waals surface area contributed by atoms with Crippen LogP contribution in [-0.2, 0) is 28.1 Å². The van der Waals surface area contributed by atoms with Gasteiger partial charge >= 0.3 is 5.97 Å². The van der Waals surface area contributed by atoms with Crippen LogP contribution < -0.4 is 14.8 Å². The Kier molecular flexibility index (Phi) is 11.0. The number of benzene rings is 3. The molecule has 38 heavy (non-hydrogen) atoms. The molecule has 0 radical (unpaired) electrons. The van der Waals surface area contributed by atoms with Crippen LogP contribution in [0.5, 0.6) is 17.2 Å². The van der Waals surface area contributed by atoms with Crippen molar-refractivity contribution < 1.29 is 28.2 Å². The molecular weight excluding hydrogens is 505 g/mol. The van der Waals surface area contributed by atoms with Crippen molar-refractivity contribution in [3.8, 4) is 17.2 Å². The summed E-state index contributed by atoms with van der Waals surface area (Å²) in [6, 6.07) is 16.9. The monoisotopic (exact) mass is 539 g/mol. The fraction of sp³-hybridized carbons (Fsp3) is 0.333. The molecule has 0 bridgehead atoms. The molecule has 6 nitrogen and oxygen atoms in total. The first-order chi connectivity index (χ1) is 18.3. The van der Waals surface area contributed by atoms with E-state index in [0.29, 0.717) is 53.4 Å². The van der Waals surface area contributed by atoms with Gasteiger partial charge in [-0.15, -0.1) is 0 Å². The second-order valence-corrected chi connectivity index (χ2v) is 10.4. The standard InChI is InChI=1S/C30H34FNO5S/c1-5-36-29(33)17-22-8-12-27(35-4)28(16-22)37-26-13-9-23(18-24(26)19-38-20(2)3)30(34)32-15-14-21-6-10-25(31)11-7-21/h6-13,16,18,20H,5,14-15,17,19H2,1-4H3,(H,32,34). The number of carbonyl (C=O) groups excluding carboxylic acids is 2. The smallest absolute Gasteiger partial charge is 0.310 e. The van der Waals surface area contributed by atoms with E-state index in [2.05, 4.69) is 19.2 Å². The molecule has 202 valence electrons. The topological polar surface area (TPSA) is 73.9 Å². The highest BCUT2D eigenvalue weighted by Gasteiger charge is 2.15. The lowest BCUT2D eigenvalue weighted by molar-refractivity contribution is -0.142. The summed E-state index contributed by atoms with van der Waals surface area (Å²) in [7, 11) is 1.56. The van der Waals surface area contributed by atoms with E-state index in [-0.39, 0.29) is 24.1 Å². The van der Waals surface area contributed by atoms with E-state index in [9.17, 15) is 14.0 Å². The molecule has 3 aromatic rings. The quantitative estimate of drug-likeness (QED) is 0.255. The molecule has 8 heteroatoms. The van der Waals surface area contributed by atoms with Crippen molar-refractivity contribution >= 4 is 23.6 Å². The third kappa shape index (κ3) is 8.80. The lowest BCUT2D eigenvalue weighted by atomic mass is 10.1. The maximum Gasteiger partial charge on any atom is 0.310 e. The number of ether oxygens (including phenoxy) is 3. The van der Waals surface area contributed by atoms with E-state index >= 15 is 0 Å². The third-order valence-electron chi connectivity index (χ3n) is 5.61. The number of rotatable bonds is 13. The summed E-state index contributed by atoms with van der Waals surface area (Å²) in [5.74, 6) is 1.47. The minimum atomic E-state index is -0.313. The Morgan fingerprint density at radius 2 is 1.66 bits per heavy atom. The van der Waals surface area contributed by atoms with Crippen molar-refractivity contribution in [1.29, 1.82) is 0 Å². The molecule has 1 amide bonds. The number of hydrogen-bond acceptors (Lipinski definition) is 6. The fourth-order valence-corrected chi connectivity index (χ4v) is 4.41. The molecule has 0 atom stereocenters. The highest BCUT2D eigenvalue weighted by Crippen LogP contribution is 2.36. The normalized spacial score (nSPS) is 10.8. The Labute approximate surface area is 227 Å². The number of carbonyl (C=O) groups is 2. The van der Waals surface area contributed by atoms with Gasteiger partial charge in [-0.05, 0) is 72.2 Å². The van der Waals surface area contributed by atoms with Crippen molar-refractivity contribution in [2.75, 3.05) is 20.3 Å². The Bertz CT molecular complexity index is 1230. The van der Waals surface area contributed by atoms with Crippen LogP contribution in [0.2, 0.25) is 0 Å². The second kappa shape index (κ2) is 14.4. The first-order valence-electron chi connectivity index (χ1n) is 12.6. The Hall–Kier alpha value is -3.52. The van der Waals surface area contributed by atoms with E-state index in [0.717, 1.165) is 16.7 Å². The van der Waals surface area contributed by atoms with Gasteiger partial charge < -0.3 is 19.5 Å². The van der Waals surface area contributed by atoms with Crippen LogP contribution in [0.25, 0.3) is 0 Å². The van der Waals surface area contributed by atoms with Gasteiger partial charge in [-0.2, -0.15) is 11.8 Å². The predicted octanol–water partition coefficient (Wildman–Crippen LogP) is 6.35. The number of thioether (sulfide) groups is 1. The van der Waals surface area contributed by atoms with Gasteiger partial charge in [0.2, 0.25) is 0 Å². The van der Waals surface area contributed by atoms with Gasteiger partial charge in [-0.1, -0.05) is 32.0 Å². The van der Waals surface area contributed by atoms with Gasteiger partial charge in [0.05, 0.1) is 20.1 Å². The molecule has 0 aromatic heterocycles. The van der Waals surface area contributed by atoms with Gasteiger partial charge in [0.1, 0.15) is 11.6 Å². The Morgan fingerprint density at radius 3 is 2.34 bits per heavy atom. The minimum Gasteiger partial charge on any atom is -0.493 e. The van der Waals surface area contributed by atoms with Gasteiger partial charge in [-0.3, -0.25) is 9.59 Å². The van der Waals surface area contributed by atoms with Crippen LogP contribution in [0.15, 0.2) is 60.7 Å². The van der Waals surface area contributed by atoms with Crippen molar-refractivity contribution in [1.82, 2.24) is 5.32 Å². The lowest BCUT2D eigenvalue weighted by Gasteiger charge is -2.16. The first kappa shape index (κ1) is 29.0. The van der Waals surface area contributed by atoms with Crippen LogP contribution in [-0.4, -0.2) is 37.4 Å². The molecule has 3 aromatic carbocycles. The van der Waals surface area contributed by atoms with Crippen LogP contribution >= 0.6 is 11.8 Å². The zero-order valence-electron chi connectivity index (χ0n) is 22.2. The molecule has 0 heterocycles. The SMILES string of the molecule is CCOC(=O)Cc1ccc(OC)c(Oc2ccc(C(=O)NCCc3ccc(F)cc3)cc2CSC(C)C)c1. The maximum atomic E-state index is 13.1. The molecule has 0 aliphatic heterocycles. The highest BCUT2D eigenvalue weighted by molar-refractivity contribution is 7.99. The number of hydrogen-bond donors (Lipinski definition) is 1. The van der Waals surface area contributed by atoms with E-state index in [4.69, 9.17) is 14.2 Å². The average Bonchev–Trinajstić information content (AvgIpc) is 2.89. The van der Waals surface area contributed by atoms with E-state index in [1.807, 2.05) is 6.07 Å². The summed E-state index contributed by atoms with van der Waals surface area (Å²) in [4.78, 5) is 24.8. The molecule has 0 saturated carbocycles. The van der Waals surface area contributed by atoms with Gasteiger partial charge in [0.25, 0.3) is 5.91 Å². The predicted molar refractivity (Wildman–Crippen MR) is 149 cm³/mol. The summed E-state index contributed by atoms with van der Waals surface area (Å²) in [6.45, 7) is 6.75. The van der Waals surface area contributed by atoms with Crippen LogP contribution in [0.3, 0.4) is 0 Å². The van der Waals surface area contributed by atoms with Crippen LogP contribution in [0, 0.1) is 5.82 Å². The molecule has 0 unspecified atom stereocenters. The van der Waals surface area contributed by atoms with E-state index in [1.54, 1.807) is 68.3 Å². The summed E-state index contributed by atoms with van der Waals surface area (Å²) < 4.78 is 29.9. The zero-order chi connectivity index (χ0) is 27.5. The van der Waals surface area contributed by atoms with Crippen molar-refractivity contribution in [2.24, 2.45) is 0 Å². The molecule has 0 fully saturated rings. The number of nitrogens with one attached hydrogen (secondary N) is 1. The molecule has 3 rings (SSSR count). The van der Waals surface area contributed by atoms with Crippen molar-refractivity contribution in [2.45, 2.75) is 44.6 Å². The Balaban J connectivity index is 1.78. The number of halogens is 1. The Morgan fingerprint density at radius 1 is 0.947 bits per heavy atom. The third-order valence-corrected chi connectivity index (χ3v) is 6.75. The highest BCUT2D eigenvalue weighted by atomic mass is 32.2. The van der Waals surface area contributed by atoms with Crippen LogP contribution in [0.4, 0.5) is 4.39 Å². The maximum absolute atomic E-state index is 13.1. The summed E-state index contributed by atoms with van der Waals surface area (Å²) in [6.07, 6.45) is 0.729. The largest absolute Gasteiger partial charge is 0.493 e. The molecular formula is C30H34FNO5S. The minimum absolute atomic E-state index is 0.126. The lowest BCUT2D eigenvalue weighted by Crippen LogP contribution is -2.25. The number of methoxy groups -OCH3 is 1. The molecule has 0 saturated heterocycles. The zero-order valence-corrected chi connectivity index (χ0v) is 23.0. The summed E-state index contributed by atoms with van der Waals surface area (Å²) in [5.41, 5.74) is 3.09. The summed E-state index contributed by atoms with van der Waals surface area (Å²) >= 11 is 1.74. The molecule has 0 aliphatic rings. The number of esters is 1. The summed E-state index contributed by atoms with van der Waals surface area (Å²) in [5, 5.41) is 3.32. The van der Waals surface area contributed by atoms with Crippen molar-refractivity contribution in [3.63, 3.8) is 0 Å². The molecule has 0 aliphatic carbocycles. The molecule has 1 N–H and O–H groups in total. The van der Waals surface area contributed by atoms with Gasteiger partial charge in [-0.25, -0.2) is 4.39 Å².